The summed E-state index contributed by atoms with van der Waals surface area (Å²) >= 11 is 0. The molecule has 0 fully saturated rings. The van der Waals surface area contributed by atoms with Gasteiger partial charge < -0.3 is 5.11 Å². The van der Waals surface area contributed by atoms with Crippen LogP contribution in [0.15, 0.2) is 73.1 Å². The Balaban J connectivity index is 4.95. The summed E-state index contributed by atoms with van der Waals surface area (Å²) in [5, 5.41) is 8.63. The van der Waals surface area contributed by atoms with Gasteiger partial charge in [0.25, 0.3) is 0 Å². The molecule has 0 radical (unpaired) electrons. The summed E-state index contributed by atoms with van der Waals surface area (Å²) < 4.78 is 26.0. The van der Waals surface area contributed by atoms with Crippen molar-refractivity contribution < 1.29 is 13.9 Å². The average molecular weight is 210 g/mol. The minimum Gasteiger partial charge on any atom is -0.505 e. The van der Waals surface area contributed by atoms with Crippen molar-refractivity contribution in [1.29, 1.82) is 0 Å². The molecule has 1 nitrogen and oxygen atoms in total. The zero-order valence-electron chi connectivity index (χ0n) is 8.26. The Morgan fingerprint density at radius 3 is 2.00 bits per heavy atom. The van der Waals surface area contributed by atoms with Gasteiger partial charge in [0, 0.05) is 5.57 Å². The quantitative estimate of drug-likeness (QED) is 0.535. The van der Waals surface area contributed by atoms with Crippen molar-refractivity contribution in [1.82, 2.24) is 0 Å². The van der Waals surface area contributed by atoms with Crippen LogP contribution in [-0.4, -0.2) is 5.11 Å². The lowest BCUT2D eigenvalue weighted by Crippen LogP contribution is -1.90. The van der Waals surface area contributed by atoms with Crippen LogP contribution in [-0.2, 0) is 0 Å². The summed E-state index contributed by atoms with van der Waals surface area (Å²) in [6.07, 6.45) is 4.39. The van der Waals surface area contributed by atoms with Gasteiger partial charge >= 0.3 is 0 Å². The van der Waals surface area contributed by atoms with Gasteiger partial charge in [-0.05, 0) is 5.57 Å². The molecule has 0 unspecified atom stereocenters. The minimum atomic E-state index is -1.44. The summed E-state index contributed by atoms with van der Waals surface area (Å²) in [6, 6.07) is 0. The third kappa shape index (κ3) is 3.77. The maximum atomic E-state index is 13.2. The molecule has 15 heavy (non-hydrogen) atoms. The molecule has 0 aliphatic heterocycles. The van der Waals surface area contributed by atoms with Gasteiger partial charge in [-0.3, -0.25) is 0 Å². The van der Waals surface area contributed by atoms with Gasteiger partial charge in [-0.2, -0.15) is 4.39 Å². The van der Waals surface area contributed by atoms with Crippen LogP contribution in [0, 0.1) is 0 Å². The highest BCUT2D eigenvalue weighted by Crippen LogP contribution is 2.25. The van der Waals surface area contributed by atoms with Crippen molar-refractivity contribution in [3.05, 3.63) is 73.1 Å². The first kappa shape index (κ1) is 13.1. The van der Waals surface area contributed by atoms with Crippen molar-refractivity contribution in [2.45, 2.75) is 0 Å². The SMILES string of the molecule is C=C/C=C\C(=C)C(=C)/C(F)=C(/F)C(=C)O. The van der Waals surface area contributed by atoms with E-state index in [1.807, 2.05) is 0 Å². The van der Waals surface area contributed by atoms with Crippen molar-refractivity contribution in [2.75, 3.05) is 0 Å². The van der Waals surface area contributed by atoms with Gasteiger partial charge in [0.15, 0.2) is 11.7 Å². The van der Waals surface area contributed by atoms with Gasteiger partial charge in [-0.1, -0.05) is 44.5 Å². The Morgan fingerprint density at radius 2 is 1.60 bits per heavy atom. The average Bonchev–Trinajstić information content (AvgIpc) is 2.22. The van der Waals surface area contributed by atoms with E-state index in [2.05, 4.69) is 26.3 Å². The second-order valence-electron chi connectivity index (χ2n) is 2.67. The van der Waals surface area contributed by atoms with E-state index < -0.39 is 17.4 Å². The molecule has 0 aliphatic rings. The molecule has 0 amide bonds. The molecule has 0 rings (SSSR count). The summed E-state index contributed by atoms with van der Waals surface area (Å²) in [6.45, 7) is 13.0. The minimum absolute atomic E-state index is 0.184. The standard InChI is InChI=1S/C12H12F2O/c1-5-6-7-8(2)9(3)11(13)12(14)10(4)15/h5-7,15H,1-4H2/b7-6-,12-11-. The lowest BCUT2D eigenvalue weighted by atomic mass is 10.1. The Labute approximate surface area is 87.7 Å². The molecule has 0 aromatic rings. The fourth-order valence-electron chi connectivity index (χ4n) is 0.685. The molecule has 0 aromatic carbocycles. The molecule has 1 N–H and O–H groups in total. The van der Waals surface area contributed by atoms with Gasteiger partial charge in [0.2, 0.25) is 0 Å². The Bertz CT molecular complexity index is 373. The zero-order chi connectivity index (χ0) is 12.0. The zero-order valence-corrected chi connectivity index (χ0v) is 8.26. The second kappa shape index (κ2) is 5.75. The molecule has 0 saturated heterocycles. The lowest BCUT2D eigenvalue weighted by Gasteiger charge is -2.03. The molecule has 0 saturated carbocycles. The van der Waals surface area contributed by atoms with Crippen LogP contribution < -0.4 is 0 Å². The van der Waals surface area contributed by atoms with Gasteiger partial charge in [0.05, 0.1) is 0 Å². The highest BCUT2D eigenvalue weighted by atomic mass is 19.2. The van der Waals surface area contributed by atoms with Crippen molar-refractivity contribution in [2.24, 2.45) is 0 Å². The Morgan fingerprint density at radius 1 is 1.07 bits per heavy atom. The Hall–Kier alpha value is -1.90. The third-order valence-corrected chi connectivity index (χ3v) is 1.53. The first-order chi connectivity index (χ1) is 6.91. The maximum Gasteiger partial charge on any atom is 0.200 e. The molecule has 0 atom stereocenters. The van der Waals surface area contributed by atoms with Crippen LogP contribution in [0.2, 0.25) is 0 Å². The summed E-state index contributed by atoms with van der Waals surface area (Å²) in [4.78, 5) is 0. The highest BCUT2D eigenvalue weighted by Gasteiger charge is 2.13. The van der Waals surface area contributed by atoms with Crippen LogP contribution in [0.4, 0.5) is 8.78 Å². The van der Waals surface area contributed by atoms with Gasteiger partial charge in [0.1, 0.15) is 5.76 Å². The van der Waals surface area contributed by atoms with E-state index in [1.54, 1.807) is 0 Å². The van der Waals surface area contributed by atoms with E-state index in [4.69, 9.17) is 5.11 Å². The number of rotatable bonds is 5. The first-order valence-electron chi connectivity index (χ1n) is 4.03. The lowest BCUT2D eigenvalue weighted by molar-refractivity contribution is 0.381. The van der Waals surface area contributed by atoms with E-state index in [1.165, 1.54) is 18.2 Å². The molecule has 3 heteroatoms. The molecular formula is C12H12F2O. The van der Waals surface area contributed by atoms with E-state index in [0.717, 1.165) is 0 Å². The van der Waals surface area contributed by atoms with E-state index >= 15 is 0 Å². The van der Waals surface area contributed by atoms with Gasteiger partial charge in [-0.15, -0.1) is 0 Å². The molecule has 0 aromatic heterocycles. The summed E-state index contributed by atoms with van der Waals surface area (Å²) in [5.74, 6) is -3.69. The van der Waals surface area contributed by atoms with Crippen LogP contribution in [0.1, 0.15) is 0 Å². The molecule has 0 heterocycles. The molecule has 0 bridgehead atoms. The predicted molar refractivity (Wildman–Crippen MR) is 58.6 cm³/mol. The van der Waals surface area contributed by atoms with Crippen LogP contribution >= 0.6 is 0 Å². The third-order valence-electron chi connectivity index (χ3n) is 1.53. The maximum absolute atomic E-state index is 13.2. The number of halogens is 2. The van der Waals surface area contributed by atoms with Gasteiger partial charge in [-0.25, -0.2) is 4.39 Å². The normalized spacial score (nSPS) is 12.1. The summed E-state index contributed by atoms with van der Waals surface area (Å²) in [5.41, 5.74) is -0.0652. The fourth-order valence-corrected chi connectivity index (χ4v) is 0.685. The van der Waals surface area contributed by atoms with Crippen molar-refractivity contribution >= 4 is 0 Å². The van der Waals surface area contributed by atoms with Crippen LogP contribution in [0.5, 0.6) is 0 Å². The number of aliphatic hydroxyl groups is 1. The number of aliphatic hydroxyl groups excluding tert-OH is 1. The van der Waals surface area contributed by atoms with Crippen LogP contribution in [0.25, 0.3) is 0 Å². The number of hydrogen-bond acceptors (Lipinski definition) is 1. The fraction of sp³-hybridized carbons (Fsp3) is 0. The van der Waals surface area contributed by atoms with Crippen LogP contribution in [0.3, 0.4) is 0 Å². The molecule has 0 spiro atoms. The summed E-state index contributed by atoms with van der Waals surface area (Å²) in [7, 11) is 0. The molecular weight excluding hydrogens is 198 g/mol. The van der Waals surface area contributed by atoms with Crippen molar-refractivity contribution in [3.63, 3.8) is 0 Å². The van der Waals surface area contributed by atoms with E-state index in [9.17, 15) is 8.78 Å². The van der Waals surface area contributed by atoms with E-state index in [0.29, 0.717) is 0 Å². The van der Waals surface area contributed by atoms with E-state index in [-0.39, 0.29) is 11.1 Å². The predicted octanol–water partition coefficient (Wildman–Crippen LogP) is 4.06. The monoisotopic (exact) mass is 210 g/mol. The second-order valence-corrected chi connectivity index (χ2v) is 2.67. The topological polar surface area (TPSA) is 20.2 Å². The Kier molecular flexibility index (Phi) is 5.02. The van der Waals surface area contributed by atoms with Crippen molar-refractivity contribution in [3.8, 4) is 0 Å². The molecule has 0 aliphatic carbocycles. The molecule has 80 valence electrons. The largest absolute Gasteiger partial charge is 0.505 e. The smallest absolute Gasteiger partial charge is 0.200 e. The first-order valence-corrected chi connectivity index (χ1v) is 4.03. The number of allylic oxidation sites excluding steroid dienone is 7. The number of hydrogen-bond donors (Lipinski definition) is 1. The highest BCUT2D eigenvalue weighted by molar-refractivity contribution is 5.48.